The molecule has 1 aliphatic heterocycles. The van der Waals surface area contributed by atoms with Crippen molar-refractivity contribution in [1.82, 2.24) is 0 Å². The van der Waals surface area contributed by atoms with Crippen LogP contribution in [0.3, 0.4) is 0 Å². The van der Waals surface area contributed by atoms with Crippen LogP contribution in [-0.4, -0.2) is 49.5 Å². The van der Waals surface area contributed by atoms with E-state index in [-0.39, 0.29) is 18.2 Å². The molecule has 3 rings (SSSR count). The number of anilines is 2. The fourth-order valence-corrected chi connectivity index (χ4v) is 4.00. The zero-order valence-electron chi connectivity index (χ0n) is 16.8. The number of imide groups is 1. The van der Waals surface area contributed by atoms with Crippen LogP contribution >= 0.6 is 11.8 Å². The lowest BCUT2D eigenvalue weighted by Gasteiger charge is -2.15. The quantitative estimate of drug-likeness (QED) is 0.318. The van der Waals surface area contributed by atoms with E-state index in [1.165, 1.54) is 31.0 Å². The van der Waals surface area contributed by atoms with E-state index in [1.54, 1.807) is 26.3 Å². The molecule has 156 valence electrons. The molecule has 2 aromatic rings. The van der Waals surface area contributed by atoms with Crippen LogP contribution in [0.15, 0.2) is 48.5 Å². The van der Waals surface area contributed by atoms with Gasteiger partial charge in [0.05, 0.1) is 32.5 Å². The third-order valence-corrected chi connectivity index (χ3v) is 5.69. The Morgan fingerprint density at radius 2 is 1.83 bits per heavy atom. The zero-order chi connectivity index (χ0) is 21.7. The van der Waals surface area contributed by atoms with Crippen LogP contribution < -0.4 is 19.9 Å². The Hall–Kier alpha value is -3.33. The lowest BCUT2D eigenvalue weighted by Crippen LogP contribution is -2.69. The van der Waals surface area contributed by atoms with Crippen molar-refractivity contribution >= 4 is 46.1 Å². The lowest BCUT2D eigenvalue weighted by molar-refractivity contribution is -0.416. The van der Waals surface area contributed by atoms with Gasteiger partial charge in [0.15, 0.2) is 11.4 Å². The third-order valence-electron chi connectivity index (χ3n) is 4.49. The number of rotatable bonds is 5. The van der Waals surface area contributed by atoms with Crippen molar-refractivity contribution in [3.8, 4) is 5.75 Å². The average molecular weight is 428 g/mol. The van der Waals surface area contributed by atoms with Crippen LogP contribution in [0.25, 0.3) is 0 Å². The molecule has 0 spiro atoms. The van der Waals surface area contributed by atoms with Crippen LogP contribution in [0, 0.1) is 0 Å². The molecule has 9 heteroatoms. The minimum atomic E-state index is -0.581. The van der Waals surface area contributed by atoms with Gasteiger partial charge >= 0.3 is 11.1 Å². The molecule has 0 aliphatic carbocycles. The van der Waals surface area contributed by atoms with Gasteiger partial charge in [-0.1, -0.05) is 12.1 Å². The van der Waals surface area contributed by atoms with E-state index >= 15 is 0 Å². The van der Waals surface area contributed by atoms with Gasteiger partial charge in [-0.25, -0.2) is 15.0 Å². The smallest absolute Gasteiger partial charge is 0.337 e. The molecule has 30 heavy (non-hydrogen) atoms. The van der Waals surface area contributed by atoms with Gasteiger partial charge < -0.3 is 9.47 Å². The second-order valence-electron chi connectivity index (χ2n) is 6.32. The summed E-state index contributed by atoms with van der Waals surface area (Å²) in [5, 5.41) is 3.24. The number of benzene rings is 2. The molecule has 8 nitrogen and oxygen atoms in total. The van der Waals surface area contributed by atoms with E-state index in [9.17, 15) is 14.4 Å². The molecule has 1 heterocycles. The number of hydrogen-bond acceptors (Lipinski definition) is 6. The monoisotopic (exact) mass is 428 g/mol. The van der Waals surface area contributed by atoms with Gasteiger partial charge in [-0.3, -0.25) is 14.6 Å². The van der Waals surface area contributed by atoms with Crippen molar-refractivity contribution in [2.24, 2.45) is 0 Å². The maximum absolute atomic E-state index is 12.9. The van der Waals surface area contributed by atoms with E-state index in [0.29, 0.717) is 22.2 Å². The minimum absolute atomic E-state index is 0.0705. The Labute approximate surface area is 178 Å². The van der Waals surface area contributed by atoms with E-state index in [1.807, 2.05) is 24.3 Å². The normalized spacial score (nSPS) is 16.6. The van der Waals surface area contributed by atoms with Gasteiger partial charge in [0.2, 0.25) is 11.8 Å². The first kappa shape index (κ1) is 21.4. The SMILES string of the molecule is C[NH+]=C(Nc1ccccc1OC)SC1CC(=O)N(c2ccc(C(=O)OC)cc2)C1=O. The molecular formula is C21H22N3O5S+. The van der Waals surface area contributed by atoms with Crippen LogP contribution in [0.4, 0.5) is 11.4 Å². The highest BCUT2D eigenvalue weighted by Crippen LogP contribution is 2.31. The first-order chi connectivity index (χ1) is 14.5. The number of nitrogens with one attached hydrogen (secondary N) is 2. The number of carbonyl (C=O) groups excluding carboxylic acids is 3. The highest BCUT2D eigenvalue weighted by atomic mass is 32.2. The Morgan fingerprint density at radius 1 is 1.13 bits per heavy atom. The maximum Gasteiger partial charge on any atom is 0.337 e. The molecule has 0 aromatic heterocycles. The number of amides is 2. The summed E-state index contributed by atoms with van der Waals surface area (Å²) in [5.41, 5.74) is 1.51. The minimum Gasteiger partial charge on any atom is -0.492 e. The first-order valence-electron chi connectivity index (χ1n) is 9.15. The van der Waals surface area contributed by atoms with Gasteiger partial charge in [0.25, 0.3) is 0 Å². The van der Waals surface area contributed by atoms with Crippen LogP contribution in [0.1, 0.15) is 16.8 Å². The summed E-state index contributed by atoms with van der Waals surface area (Å²) in [4.78, 5) is 41.2. The summed E-state index contributed by atoms with van der Waals surface area (Å²) in [6.45, 7) is 0. The van der Waals surface area contributed by atoms with Crippen LogP contribution in [0.5, 0.6) is 5.75 Å². The van der Waals surface area contributed by atoms with Gasteiger partial charge in [0, 0.05) is 6.42 Å². The number of thioether (sulfide) groups is 1. The Bertz CT molecular complexity index is 990. The Balaban J connectivity index is 1.73. The molecule has 1 aliphatic rings. The van der Waals surface area contributed by atoms with Crippen LogP contribution in [0.2, 0.25) is 0 Å². The second-order valence-corrected chi connectivity index (χ2v) is 7.53. The maximum atomic E-state index is 12.9. The van der Waals surface area contributed by atoms with Gasteiger partial charge in [-0.15, -0.1) is 0 Å². The molecule has 1 unspecified atom stereocenters. The number of methoxy groups -OCH3 is 2. The topological polar surface area (TPSA) is 98.9 Å². The highest BCUT2D eigenvalue weighted by Gasteiger charge is 2.42. The number of para-hydroxylation sites is 2. The number of hydrogen-bond donors (Lipinski definition) is 2. The Kier molecular flexibility index (Phi) is 6.73. The largest absolute Gasteiger partial charge is 0.492 e. The highest BCUT2D eigenvalue weighted by molar-refractivity contribution is 8.15. The second kappa shape index (κ2) is 9.45. The summed E-state index contributed by atoms with van der Waals surface area (Å²) in [6.07, 6.45) is 0.0705. The number of carbonyl (C=O) groups is 3. The predicted octanol–water partition coefficient (Wildman–Crippen LogP) is 1.03. The van der Waals surface area contributed by atoms with Crippen molar-refractivity contribution in [2.45, 2.75) is 11.7 Å². The molecule has 0 radical (unpaired) electrons. The van der Waals surface area contributed by atoms with E-state index in [0.717, 1.165) is 10.6 Å². The Morgan fingerprint density at radius 3 is 2.47 bits per heavy atom. The van der Waals surface area contributed by atoms with E-state index < -0.39 is 11.2 Å². The van der Waals surface area contributed by atoms with E-state index in [4.69, 9.17) is 4.74 Å². The fourth-order valence-electron chi connectivity index (χ4n) is 3.00. The molecule has 2 amide bonds. The molecule has 1 saturated heterocycles. The molecule has 0 bridgehead atoms. The molecule has 2 N–H and O–H groups in total. The summed E-state index contributed by atoms with van der Waals surface area (Å²) in [7, 11) is 4.60. The number of nitrogens with zero attached hydrogens (tertiary/aromatic N) is 1. The van der Waals surface area contributed by atoms with Crippen molar-refractivity contribution in [2.75, 3.05) is 31.5 Å². The standard InChI is InChI=1S/C21H21N3O5S/c1-22-21(23-15-6-4-5-7-16(15)28-2)30-17-12-18(25)24(19(17)26)14-10-8-13(9-11-14)20(27)29-3/h4-11,17H,12H2,1-3H3,(H,22,23)/p+1. The predicted molar refractivity (Wildman–Crippen MR) is 115 cm³/mol. The van der Waals surface area contributed by atoms with Crippen molar-refractivity contribution in [1.29, 1.82) is 0 Å². The van der Waals surface area contributed by atoms with E-state index in [2.05, 4.69) is 15.0 Å². The molecular weight excluding hydrogens is 406 g/mol. The van der Waals surface area contributed by atoms with Crippen molar-refractivity contribution in [3.63, 3.8) is 0 Å². The number of amidine groups is 1. The third kappa shape index (κ3) is 4.46. The van der Waals surface area contributed by atoms with Gasteiger partial charge in [-0.2, -0.15) is 0 Å². The molecule has 1 fully saturated rings. The van der Waals surface area contributed by atoms with Crippen molar-refractivity contribution < 1.29 is 28.8 Å². The molecule has 2 aromatic carbocycles. The summed E-state index contributed by atoms with van der Waals surface area (Å²) in [6, 6.07) is 13.6. The molecule has 1 atom stereocenters. The summed E-state index contributed by atoms with van der Waals surface area (Å²) in [5.74, 6) is -0.432. The summed E-state index contributed by atoms with van der Waals surface area (Å²) >= 11 is 1.24. The van der Waals surface area contributed by atoms with Gasteiger partial charge in [-0.05, 0) is 48.2 Å². The lowest BCUT2D eigenvalue weighted by atomic mass is 10.2. The fraction of sp³-hybridized carbons (Fsp3) is 0.238. The first-order valence-corrected chi connectivity index (χ1v) is 10.0. The van der Waals surface area contributed by atoms with Crippen molar-refractivity contribution in [3.05, 3.63) is 54.1 Å². The average Bonchev–Trinajstić information content (AvgIpc) is 3.05. The number of ether oxygens (including phenoxy) is 2. The summed E-state index contributed by atoms with van der Waals surface area (Å²) < 4.78 is 10.0. The molecule has 0 saturated carbocycles. The van der Waals surface area contributed by atoms with Gasteiger partial charge in [0.1, 0.15) is 5.25 Å². The van der Waals surface area contributed by atoms with Crippen LogP contribution in [-0.2, 0) is 14.3 Å². The zero-order valence-corrected chi connectivity index (χ0v) is 17.6. The number of esters is 1.